The molecule has 1 aromatic carbocycles. The summed E-state index contributed by atoms with van der Waals surface area (Å²) in [4.78, 5) is 24.6. The van der Waals surface area contributed by atoms with Crippen LogP contribution in [0.2, 0.25) is 0 Å². The first-order valence-electron chi connectivity index (χ1n) is 6.45. The maximum Gasteiger partial charge on any atom is 0.331 e. The third-order valence-corrected chi connectivity index (χ3v) is 4.37. The molecule has 1 saturated heterocycles. The van der Waals surface area contributed by atoms with Gasteiger partial charge in [0, 0.05) is 18.9 Å². The van der Waals surface area contributed by atoms with Gasteiger partial charge in [0.1, 0.15) is 5.82 Å². The number of aliphatic carboxylic acids is 1. The van der Waals surface area contributed by atoms with E-state index in [1.807, 2.05) is 0 Å². The number of carbonyl (C=O) groups excluding carboxylic acids is 1. The predicted molar refractivity (Wildman–Crippen MR) is 74.6 cm³/mol. The number of nitrogens with two attached hydrogens (primary N) is 1. The largest absolute Gasteiger partial charge is 0.479 e. The van der Waals surface area contributed by atoms with E-state index in [1.54, 1.807) is 0 Å². The van der Waals surface area contributed by atoms with Crippen molar-refractivity contribution in [3.05, 3.63) is 35.6 Å². The highest BCUT2D eigenvalue weighted by Gasteiger charge is 2.39. The summed E-state index contributed by atoms with van der Waals surface area (Å²) in [6.07, 6.45) is -0.0819. The van der Waals surface area contributed by atoms with Crippen LogP contribution in [0.3, 0.4) is 0 Å². The van der Waals surface area contributed by atoms with E-state index in [1.165, 1.54) is 12.1 Å². The van der Waals surface area contributed by atoms with Crippen LogP contribution in [0.15, 0.2) is 24.3 Å². The van der Waals surface area contributed by atoms with Gasteiger partial charge in [-0.15, -0.1) is 0 Å². The maximum absolute atomic E-state index is 12.9. The second-order valence-corrected chi connectivity index (χ2v) is 6.90. The Labute approximate surface area is 126 Å². The molecule has 1 amide bonds. The lowest BCUT2D eigenvalue weighted by atomic mass is 10.1. The fourth-order valence-electron chi connectivity index (χ4n) is 2.60. The molecule has 3 N–H and O–H groups in total. The van der Waals surface area contributed by atoms with E-state index in [9.17, 15) is 27.5 Å². The van der Waals surface area contributed by atoms with Gasteiger partial charge in [0.15, 0.2) is 6.04 Å². The zero-order valence-corrected chi connectivity index (χ0v) is 12.3. The summed E-state index contributed by atoms with van der Waals surface area (Å²) in [7, 11) is -3.75. The molecule has 1 aliphatic heterocycles. The summed E-state index contributed by atoms with van der Waals surface area (Å²) < 4.78 is 35.1. The number of carboxylic acid groups (broad SMARTS) is 1. The Bertz CT molecular complexity index is 689. The SMILES string of the molecule is NS(=O)(=O)CC1CC(=O)N(C(C(=O)O)c2ccc(F)cc2)C1. The molecule has 1 aromatic rings. The van der Waals surface area contributed by atoms with Gasteiger partial charge < -0.3 is 10.0 Å². The number of likely N-dealkylation sites (tertiary alicyclic amines) is 1. The van der Waals surface area contributed by atoms with Crippen molar-refractivity contribution >= 4 is 21.9 Å². The molecule has 2 unspecified atom stereocenters. The summed E-state index contributed by atoms with van der Waals surface area (Å²) >= 11 is 0. The van der Waals surface area contributed by atoms with Gasteiger partial charge in [-0.05, 0) is 17.7 Å². The zero-order chi connectivity index (χ0) is 16.5. The molecule has 2 atom stereocenters. The molecular weight excluding hydrogens is 315 g/mol. The van der Waals surface area contributed by atoms with Crippen LogP contribution in [0.4, 0.5) is 4.39 Å². The molecule has 0 radical (unpaired) electrons. The number of carbonyl (C=O) groups is 2. The standard InChI is InChI=1S/C13H15FN2O5S/c14-10-3-1-9(2-4-10)12(13(18)19)16-6-8(5-11(16)17)7-22(15,20)21/h1-4,8,12H,5-7H2,(H,18,19)(H2,15,20,21). The molecule has 1 fully saturated rings. The van der Waals surface area contributed by atoms with E-state index in [2.05, 4.69) is 0 Å². The Morgan fingerprint density at radius 2 is 2.00 bits per heavy atom. The molecule has 0 spiro atoms. The van der Waals surface area contributed by atoms with E-state index < -0.39 is 39.7 Å². The van der Waals surface area contributed by atoms with Gasteiger partial charge in [-0.3, -0.25) is 4.79 Å². The van der Waals surface area contributed by atoms with Crippen LogP contribution >= 0.6 is 0 Å². The third kappa shape index (κ3) is 3.80. The van der Waals surface area contributed by atoms with Crippen LogP contribution in [-0.2, 0) is 19.6 Å². The lowest BCUT2D eigenvalue weighted by Gasteiger charge is -2.25. The molecule has 2 rings (SSSR count). The Morgan fingerprint density at radius 1 is 1.41 bits per heavy atom. The van der Waals surface area contributed by atoms with E-state index in [-0.39, 0.29) is 24.3 Å². The molecule has 0 saturated carbocycles. The first kappa shape index (κ1) is 16.4. The summed E-state index contributed by atoms with van der Waals surface area (Å²) in [6, 6.07) is 3.50. The molecule has 0 bridgehead atoms. The predicted octanol–water partition coefficient (Wildman–Crippen LogP) is 0.0884. The first-order valence-corrected chi connectivity index (χ1v) is 8.17. The normalized spacial score (nSPS) is 20.2. The van der Waals surface area contributed by atoms with Gasteiger partial charge in [-0.2, -0.15) is 0 Å². The summed E-state index contributed by atoms with van der Waals surface area (Å²) in [5.41, 5.74) is 0.249. The average molecular weight is 330 g/mol. The monoisotopic (exact) mass is 330 g/mol. The van der Waals surface area contributed by atoms with Crippen molar-refractivity contribution in [1.29, 1.82) is 0 Å². The fourth-order valence-corrected chi connectivity index (χ4v) is 3.48. The Hall–Kier alpha value is -2.00. The number of primary sulfonamides is 1. The minimum Gasteiger partial charge on any atom is -0.479 e. The molecule has 1 heterocycles. The summed E-state index contributed by atoms with van der Waals surface area (Å²) in [5.74, 6) is -3.19. The van der Waals surface area contributed by atoms with Crippen molar-refractivity contribution < 1.29 is 27.5 Å². The van der Waals surface area contributed by atoms with Crippen LogP contribution in [-0.4, -0.2) is 42.6 Å². The number of amides is 1. The highest BCUT2D eigenvalue weighted by atomic mass is 32.2. The average Bonchev–Trinajstić information content (AvgIpc) is 2.70. The van der Waals surface area contributed by atoms with Crippen molar-refractivity contribution in [1.82, 2.24) is 4.90 Å². The van der Waals surface area contributed by atoms with Crippen molar-refractivity contribution in [2.24, 2.45) is 11.1 Å². The van der Waals surface area contributed by atoms with Crippen molar-refractivity contribution in [2.45, 2.75) is 12.5 Å². The summed E-state index contributed by atoms with van der Waals surface area (Å²) in [6.45, 7) is -0.0242. The Kier molecular flexibility index (Phi) is 4.47. The number of nitrogens with zero attached hydrogens (tertiary/aromatic N) is 1. The number of sulfonamides is 1. The van der Waals surface area contributed by atoms with Gasteiger partial charge in [0.25, 0.3) is 0 Å². The van der Waals surface area contributed by atoms with Crippen LogP contribution in [0, 0.1) is 11.7 Å². The molecule has 7 nitrogen and oxygen atoms in total. The minimum absolute atomic E-state index is 0.0242. The van der Waals surface area contributed by atoms with Crippen molar-refractivity contribution in [2.75, 3.05) is 12.3 Å². The van der Waals surface area contributed by atoms with Crippen molar-refractivity contribution in [3.63, 3.8) is 0 Å². The molecule has 0 aliphatic carbocycles. The molecule has 9 heteroatoms. The van der Waals surface area contributed by atoms with Gasteiger partial charge in [-0.25, -0.2) is 22.7 Å². The van der Waals surface area contributed by atoms with Crippen LogP contribution in [0.5, 0.6) is 0 Å². The third-order valence-electron chi connectivity index (χ3n) is 3.44. The number of benzene rings is 1. The van der Waals surface area contributed by atoms with Gasteiger partial charge >= 0.3 is 5.97 Å². The second-order valence-electron chi connectivity index (χ2n) is 5.24. The van der Waals surface area contributed by atoms with E-state index in [0.29, 0.717) is 0 Å². The van der Waals surface area contributed by atoms with Gasteiger partial charge in [0.2, 0.25) is 15.9 Å². The highest BCUT2D eigenvalue weighted by Crippen LogP contribution is 2.29. The van der Waals surface area contributed by atoms with E-state index in [0.717, 1.165) is 17.0 Å². The van der Waals surface area contributed by atoms with Gasteiger partial charge in [0.05, 0.1) is 5.75 Å². The van der Waals surface area contributed by atoms with E-state index in [4.69, 9.17) is 5.14 Å². The Morgan fingerprint density at radius 3 is 2.50 bits per heavy atom. The second kappa shape index (κ2) is 6.01. The number of halogens is 1. The lowest BCUT2D eigenvalue weighted by Crippen LogP contribution is -2.36. The molecule has 22 heavy (non-hydrogen) atoms. The summed E-state index contributed by atoms with van der Waals surface area (Å²) in [5, 5.41) is 14.3. The number of rotatable bonds is 5. The van der Waals surface area contributed by atoms with Crippen LogP contribution in [0.25, 0.3) is 0 Å². The molecule has 120 valence electrons. The Balaban J connectivity index is 2.24. The fraction of sp³-hybridized carbons (Fsp3) is 0.385. The number of carboxylic acids is 1. The van der Waals surface area contributed by atoms with Crippen molar-refractivity contribution in [3.8, 4) is 0 Å². The first-order chi connectivity index (χ1) is 10.2. The highest BCUT2D eigenvalue weighted by molar-refractivity contribution is 7.89. The lowest BCUT2D eigenvalue weighted by molar-refractivity contribution is -0.148. The molecular formula is C13H15FN2O5S. The number of hydrogen-bond donors (Lipinski definition) is 2. The molecule has 1 aliphatic rings. The number of hydrogen-bond acceptors (Lipinski definition) is 4. The van der Waals surface area contributed by atoms with Gasteiger partial charge in [-0.1, -0.05) is 12.1 Å². The zero-order valence-electron chi connectivity index (χ0n) is 11.5. The van der Waals surface area contributed by atoms with E-state index >= 15 is 0 Å². The smallest absolute Gasteiger partial charge is 0.331 e. The van der Waals surface area contributed by atoms with Crippen LogP contribution in [0.1, 0.15) is 18.0 Å². The quantitative estimate of drug-likeness (QED) is 0.793. The maximum atomic E-state index is 12.9. The minimum atomic E-state index is -3.75. The van der Waals surface area contributed by atoms with Crippen LogP contribution < -0.4 is 5.14 Å². The molecule has 0 aromatic heterocycles. The topological polar surface area (TPSA) is 118 Å².